The second kappa shape index (κ2) is 6.31. The Morgan fingerprint density at radius 2 is 2.05 bits per heavy atom. The first-order valence-electron chi connectivity index (χ1n) is 5.75. The maximum absolute atomic E-state index is 12.0. The van der Waals surface area contributed by atoms with E-state index in [0.717, 1.165) is 4.31 Å². The van der Waals surface area contributed by atoms with Crippen molar-refractivity contribution in [2.75, 3.05) is 19.4 Å². The Balaban J connectivity index is 2.65. The topological polar surface area (TPSA) is 121 Å². The van der Waals surface area contributed by atoms with Crippen LogP contribution in [0.15, 0.2) is 0 Å². The smallest absolute Gasteiger partial charge is 0.322 e. The summed E-state index contributed by atoms with van der Waals surface area (Å²) in [7, 11) is -2.60. The third kappa shape index (κ3) is 4.15. The Bertz CT molecular complexity index is 447. The third-order valence-corrected chi connectivity index (χ3v) is 4.81. The lowest BCUT2D eigenvalue weighted by Crippen LogP contribution is -2.41. The van der Waals surface area contributed by atoms with Crippen LogP contribution < -0.4 is 0 Å². The summed E-state index contributed by atoms with van der Waals surface area (Å²) in [5, 5.41) is 18.3. The van der Waals surface area contributed by atoms with Gasteiger partial charge in [-0.15, -0.1) is 0 Å². The number of carboxylic acid groups (broad SMARTS) is 1. The van der Waals surface area contributed by atoms with E-state index in [9.17, 15) is 23.1 Å². The molecular weight excluding hydrogens is 278 g/mol. The number of carbonyl (C=O) groups is 2. The highest BCUT2D eigenvalue weighted by Crippen LogP contribution is 2.22. The molecule has 1 aliphatic heterocycles. The second-order valence-corrected chi connectivity index (χ2v) is 6.35. The number of esters is 1. The summed E-state index contributed by atoms with van der Waals surface area (Å²) in [5.41, 5.74) is 0. The minimum atomic E-state index is -3.81. The van der Waals surface area contributed by atoms with Crippen molar-refractivity contribution in [3.63, 3.8) is 0 Å². The Hall–Kier alpha value is -1.19. The van der Waals surface area contributed by atoms with Gasteiger partial charge in [-0.2, -0.15) is 4.31 Å². The summed E-state index contributed by atoms with van der Waals surface area (Å²) in [6.07, 6.45) is -1.10. The van der Waals surface area contributed by atoms with Crippen molar-refractivity contribution < 1.29 is 33.0 Å². The molecule has 0 bridgehead atoms. The van der Waals surface area contributed by atoms with E-state index >= 15 is 0 Å². The number of carboxylic acids is 1. The average molecular weight is 295 g/mol. The molecule has 110 valence electrons. The average Bonchev–Trinajstić information content (AvgIpc) is 2.72. The summed E-state index contributed by atoms with van der Waals surface area (Å²) in [5.74, 6) is -2.15. The maximum Gasteiger partial charge on any atom is 0.322 e. The number of aliphatic carboxylic acids is 1. The molecule has 9 heteroatoms. The number of β-amino-alcohol motifs (C(OH)–C–C–N with tert-alkyl or cyclic N) is 1. The van der Waals surface area contributed by atoms with Gasteiger partial charge in [0.1, 0.15) is 6.04 Å². The van der Waals surface area contributed by atoms with Crippen LogP contribution in [0.1, 0.15) is 19.3 Å². The fraction of sp³-hybridized carbons (Fsp3) is 0.800. The Labute approximate surface area is 111 Å². The SMILES string of the molecule is COC(=O)CCCS(=O)(=O)N1C[C@@H](O)C[C@H]1C(=O)O. The Kier molecular flexibility index (Phi) is 5.27. The van der Waals surface area contributed by atoms with E-state index in [2.05, 4.69) is 4.74 Å². The molecule has 19 heavy (non-hydrogen) atoms. The molecular formula is C10H17NO7S. The number of carbonyl (C=O) groups excluding carboxylic acids is 1. The number of rotatable bonds is 6. The van der Waals surface area contributed by atoms with Gasteiger partial charge in [0, 0.05) is 19.4 Å². The lowest BCUT2D eigenvalue weighted by Gasteiger charge is -2.20. The van der Waals surface area contributed by atoms with Crippen molar-refractivity contribution in [2.24, 2.45) is 0 Å². The molecule has 2 N–H and O–H groups in total. The highest BCUT2D eigenvalue weighted by molar-refractivity contribution is 7.89. The summed E-state index contributed by atoms with van der Waals surface area (Å²) < 4.78 is 29.1. The number of aliphatic hydroxyl groups is 1. The van der Waals surface area contributed by atoms with Crippen molar-refractivity contribution in [3.8, 4) is 0 Å². The van der Waals surface area contributed by atoms with Crippen LogP contribution in [0.5, 0.6) is 0 Å². The minimum absolute atomic E-state index is 0.0495. The highest BCUT2D eigenvalue weighted by Gasteiger charge is 2.42. The first-order chi connectivity index (χ1) is 8.77. The minimum Gasteiger partial charge on any atom is -0.480 e. The fourth-order valence-electron chi connectivity index (χ4n) is 1.93. The van der Waals surface area contributed by atoms with Gasteiger partial charge in [-0.3, -0.25) is 9.59 Å². The summed E-state index contributed by atoms with van der Waals surface area (Å²) >= 11 is 0. The predicted octanol–water partition coefficient (Wildman–Crippen LogP) is -1.21. The lowest BCUT2D eigenvalue weighted by molar-refractivity contribution is -0.141. The number of ether oxygens (including phenoxy) is 1. The van der Waals surface area contributed by atoms with Gasteiger partial charge in [0.15, 0.2) is 0 Å². The molecule has 1 heterocycles. The zero-order valence-corrected chi connectivity index (χ0v) is 11.3. The van der Waals surface area contributed by atoms with Crippen LogP contribution in [0, 0.1) is 0 Å². The Morgan fingerprint density at radius 3 is 2.58 bits per heavy atom. The van der Waals surface area contributed by atoms with Gasteiger partial charge in [0.05, 0.1) is 19.0 Å². The van der Waals surface area contributed by atoms with E-state index < -0.39 is 34.1 Å². The molecule has 1 saturated heterocycles. The number of methoxy groups -OCH3 is 1. The van der Waals surface area contributed by atoms with Gasteiger partial charge < -0.3 is 14.9 Å². The molecule has 2 atom stereocenters. The maximum atomic E-state index is 12.0. The first-order valence-corrected chi connectivity index (χ1v) is 7.36. The van der Waals surface area contributed by atoms with E-state index in [1.54, 1.807) is 0 Å². The predicted molar refractivity (Wildman–Crippen MR) is 63.8 cm³/mol. The van der Waals surface area contributed by atoms with Crippen molar-refractivity contribution in [1.82, 2.24) is 4.31 Å². The number of hydrogen-bond donors (Lipinski definition) is 2. The molecule has 0 saturated carbocycles. The monoisotopic (exact) mass is 295 g/mol. The largest absolute Gasteiger partial charge is 0.480 e. The van der Waals surface area contributed by atoms with Crippen LogP contribution in [0.2, 0.25) is 0 Å². The van der Waals surface area contributed by atoms with Gasteiger partial charge >= 0.3 is 11.9 Å². The van der Waals surface area contributed by atoms with Gasteiger partial charge in [0.25, 0.3) is 0 Å². The molecule has 0 aromatic rings. The molecule has 0 aromatic heterocycles. The molecule has 1 fully saturated rings. The zero-order valence-electron chi connectivity index (χ0n) is 10.5. The third-order valence-electron chi connectivity index (χ3n) is 2.89. The number of sulfonamides is 1. The van der Waals surface area contributed by atoms with E-state index in [1.165, 1.54) is 7.11 Å². The van der Waals surface area contributed by atoms with E-state index in [4.69, 9.17) is 5.11 Å². The molecule has 0 aromatic carbocycles. The summed E-state index contributed by atoms with van der Waals surface area (Å²) in [6.45, 7) is -0.225. The number of nitrogens with zero attached hydrogens (tertiary/aromatic N) is 1. The van der Waals surface area contributed by atoms with Crippen molar-refractivity contribution in [3.05, 3.63) is 0 Å². The van der Waals surface area contributed by atoms with Gasteiger partial charge in [-0.25, -0.2) is 8.42 Å². The highest BCUT2D eigenvalue weighted by atomic mass is 32.2. The normalized spacial score (nSPS) is 24.3. The van der Waals surface area contributed by atoms with Crippen LogP contribution in [-0.4, -0.2) is 66.4 Å². The van der Waals surface area contributed by atoms with Crippen LogP contribution in [0.4, 0.5) is 0 Å². The van der Waals surface area contributed by atoms with Crippen LogP contribution in [-0.2, 0) is 24.3 Å². The lowest BCUT2D eigenvalue weighted by atomic mass is 10.2. The molecule has 0 amide bonds. The van der Waals surface area contributed by atoms with Gasteiger partial charge in [0.2, 0.25) is 10.0 Å². The Morgan fingerprint density at radius 1 is 1.42 bits per heavy atom. The number of hydrogen-bond acceptors (Lipinski definition) is 6. The first kappa shape index (κ1) is 15.9. The summed E-state index contributed by atoms with van der Waals surface area (Å²) in [4.78, 5) is 21.8. The van der Waals surface area contributed by atoms with Crippen LogP contribution >= 0.6 is 0 Å². The number of aliphatic hydroxyl groups excluding tert-OH is 1. The van der Waals surface area contributed by atoms with E-state index in [-0.39, 0.29) is 31.6 Å². The fourth-order valence-corrected chi connectivity index (χ4v) is 3.64. The molecule has 0 spiro atoms. The zero-order chi connectivity index (χ0) is 14.6. The van der Waals surface area contributed by atoms with Gasteiger partial charge in [-0.1, -0.05) is 0 Å². The molecule has 1 rings (SSSR count). The molecule has 0 radical (unpaired) electrons. The van der Waals surface area contributed by atoms with Crippen molar-refractivity contribution >= 4 is 22.0 Å². The molecule has 1 aliphatic rings. The second-order valence-electron chi connectivity index (χ2n) is 4.31. The van der Waals surface area contributed by atoms with Crippen molar-refractivity contribution in [1.29, 1.82) is 0 Å². The molecule has 0 unspecified atom stereocenters. The standard InChI is InChI=1S/C10H17NO7S/c1-18-9(13)3-2-4-19(16,17)11-6-7(12)5-8(11)10(14)15/h7-8,12H,2-6H2,1H3,(H,14,15)/t7-,8-/m0/s1. The van der Waals surface area contributed by atoms with Crippen LogP contribution in [0.3, 0.4) is 0 Å². The summed E-state index contributed by atoms with van der Waals surface area (Å²) in [6, 6.07) is -1.24. The van der Waals surface area contributed by atoms with E-state index in [0.29, 0.717) is 0 Å². The van der Waals surface area contributed by atoms with Crippen LogP contribution in [0.25, 0.3) is 0 Å². The molecule has 0 aliphatic carbocycles. The van der Waals surface area contributed by atoms with Gasteiger partial charge in [-0.05, 0) is 6.42 Å². The molecule has 8 nitrogen and oxygen atoms in total. The van der Waals surface area contributed by atoms with Crippen molar-refractivity contribution in [2.45, 2.75) is 31.4 Å². The van der Waals surface area contributed by atoms with E-state index in [1.807, 2.05) is 0 Å². The quantitative estimate of drug-likeness (QED) is 0.590.